The predicted octanol–water partition coefficient (Wildman–Crippen LogP) is 5.26. The van der Waals surface area contributed by atoms with E-state index in [0.29, 0.717) is 0 Å². The zero-order valence-electron chi connectivity index (χ0n) is 5.85. The fourth-order valence-corrected chi connectivity index (χ4v) is 1.09. The molecule has 84 valence electrons. The predicted molar refractivity (Wildman–Crippen MR) is 30.9 cm³/mol. The summed E-state index contributed by atoms with van der Waals surface area (Å²) in [6, 6.07) is 0. The van der Waals surface area contributed by atoms with E-state index in [9.17, 15) is 38.9 Å². The van der Waals surface area contributed by atoms with Gasteiger partial charge in [0.25, 0.3) is 0 Å². The van der Waals surface area contributed by atoms with Crippen molar-refractivity contribution in [2.45, 2.75) is 0 Å². The average Bonchev–Trinajstić information content (AvgIpc) is 2.00. The van der Waals surface area contributed by atoms with Gasteiger partial charge in [-0.1, -0.05) is 0 Å². The molecule has 0 unspecified atom stereocenters. The SMILES string of the molecule is FC(F)=C(F)P(F)(F)(F)C(F)=C(F)F. The third-order valence-electron chi connectivity index (χ3n) is 0.953. The van der Waals surface area contributed by atoms with E-state index in [1.807, 2.05) is 0 Å². The van der Waals surface area contributed by atoms with Crippen LogP contribution in [0.4, 0.5) is 38.9 Å². The van der Waals surface area contributed by atoms with Gasteiger partial charge < -0.3 is 0 Å². The molecule has 0 saturated carbocycles. The molecule has 0 aliphatic rings. The molecule has 0 nitrogen and oxygen atoms in total. The molecule has 0 aliphatic carbocycles. The maximum atomic E-state index is 12.0. The Morgan fingerprint density at radius 1 is 0.571 bits per heavy atom. The number of halogens is 9. The zero-order chi connectivity index (χ0) is 11.8. The minimum atomic E-state index is -9.08. The van der Waals surface area contributed by atoms with E-state index in [4.69, 9.17) is 0 Å². The molecule has 0 amide bonds. The van der Waals surface area contributed by atoms with Crippen LogP contribution in [0.3, 0.4) is 0 Å². The van der Waals surface area contributed by atoms with E-state index < -0.39 is 30.8 Å². The van der Waals surface area contributed by atoms with Crippen molar-refractivity contribution in [1.29, 1.82) is 0 Å². The van der Waals surface area contributed by atoms with E-state index in [-0.39, 0.29) is 0 Å². The Morgan fingerprint density at radius 2 is 0.786 bits per heavy atom. The van der Waals surface area contributed by atoms with Gasteiger partial charge in [-0.3, -0.25) is 0 Å². The van der Waals surface area contributed by atoms with Crippen molar-refractivity contribution in [1.82, 2.24) is 0 Å². The summed E-state index contributed by atoms with van der Waals surface area (Å²) < 4.78 is 104. The van der Waals surface area contributed by atoms with Crippen LogP contribution in [0, 0.1) is 0 Å². The molecule has 10 heteroatoms. The van der Waals surface area contributed by atoms with Gasteiger partial charge in [-0.2, -0.15) is 0 Å². The van der Waals surface area contributed by atoms with Crippen molar-refractivity contribution >= 4 is 7.54 Å². The molecule has 0 saturated heterocycles. The van der Waals surface area contributed by atoms with Crippen LogP contribution in [-0.2, 0) is 0 Å². The molecule has 0 aliphatic heterocycles. The fraction of sp³-hybridized carbons (Fsp3) is 0. The summed E-state index contributed by atoms with van der Waals surface area (Å²) in [6.07, 6.45) is -7.77. The summed E-state index contributed by atoms with van der Waals surface area (Å²) >= 11 is 0. The molecule has 0 heterocycles. The fourth-order valence-electron chi connectivity index (χ4n) is 0.362. The van der Waals surface area contributed by atoms with Crippen LogP contribution in [0.1, 0.15) is 0 Å². The Labute approximate surface area is 71.0 Å². The molecule has 0 bridgehead atoms. The second-order valence-corrected chi connectivity index (χ2v) is 4.32. The molecule has 0 rings (SSSR count). The van der Waals surface area contributed by atoms with Gasteiger partial charge in [0, 0.05) is 0 Å². The van der Waals surface area contributed by atoms with Crippen molar-refractivity contribution in [2.75, 3.05) is 0 Å². The van der Waals surface area contributed by atoms with Gasteiger partial charge in [0.1, 0.15) is 0 Å². The first kappa shape index (κ1) is 13.3. The van der Waals surface area contributed by atoms with Gasteiger partial charge in [0.2, 0.25) is 0 Å². The van der Waals surface area contributed by atoms with Crippen LogP contribution in [0.25, 0.3) is 0 Å². The Balaban J connectivity index is 5.74. The Kier molecular flexibility index (Phi) is 3.27. The van der Waals surface area contributed by atoms with Crippen LogP contribution in [0.2, 0.25) is 0 Å². The van der Waals surface area contributed by atoms with Crippen molar-refractivity contribution < 1.29 is 38.9 Å². The zero-order valence-corrected chi connectivity index (χ0v) is 6.74. The number of rotatable bonds is 2. The van der Waals surface area contributed by atoms with Crippen molar-refractivity contribution in [3.05, 3.63) is 23.3 Å². The molecular weight excluding hydrogens is 250 g/mol. The first-order chi connectivity index (χ1) is 5.99. The molecule has 0 spiro atoms. The van der Waals surface area contributed by atoms with Gasteiger partial charge in [0.05, 0.1) is 0 Å². The summed E-state index contributed by atoms with van der Waals surface area (Å²) in [5.41, 5.74) is -8.16. The Morgan fingerprint density at radius 3 is 0.929 bits per heavy atom. The Bertz CT molecular complexity index is 271. The molecule has 0 aromatic heterocycles. The van der Waals surface area contributed by atoms with Crippen LogP contribution >= 0.6 is 7.54 Å². The molecule has 0 N–H and O–H groups in total. The monoisotopic (exact) mass is 250 g/mol. The second kappa shape index (κ2) is 3.45. The third kappa shape index (κ3) is 2.20. The number of hydrogen-bond donors (Lipinski definition) is 0. The average molecular weight is 250 g/mol. The van der Waals surface area contributed by atoms with E-state index >= 15 is 0 Å². The maximum absolute atomic E-state index is 12.0. The van der Waals surface area contributed by atoms with Crippen LogP contribution in [0.15, 0.2) is 23.3 Å². The van der Waals surface area contributed by atoms with E-state index in [0.717, 1.165) is 0 Å². The van der Waals surface area contributed by atoms with E-state index in [2.05, 4.69) is 0 Å². The number of hydrogen-bond acceptors (Lipinski definition) is 0. The quantitative estimate of drug-likeness (QED) is 0.463. The van der Waals surface area contributed by atoms with E-state index in [1.165, 1.54) is 0 Å². The molecule has 0 aromatic rings. The first-order valence-corrected chi connectivity index (χ1v) is 4.50. The summed E-state index contributed by atoms with van der Waals surface area (Å²) in [4.78, 5) is 0. The van der Waals surface area contributed by atoms with Gasteiger partial charge >= 0.3 is 69.8 Å². The van der Waals surface area contributed by atoms with Crippen molar-refractivity contribution in [2.24, 2.45) is 0 Å². The standard InChI is InChI=1S/C4F9P/c5-1(6)3(9)14(11,12,13)4(10)2(7)8. The molecule has 0 aromatic carbocycles. The normalized spacial score (nSPS) is 14.2. The van der Waals surface area contributed by atoms with E-state index in [1.54, 1.807) is 0 Å². The van der Waals surface area contributed by atoms with Gasteiger partial charge in [-0.25, -0.2) is 0 Å². The minimum absolute atomic E-state index is 3.88. The summed E-state index contributed by atoms with van der Waals surface area (Å²) in [6.45, 7) is 0. The van der Waals surface area contributed by atoms with Gasteiger partial charge in [-0.15, -0.1) is 0 Å². The third-order valence-corrected chi connectivity index (χ3v) is 2.57. The molecular formula is C4F9P. The summed E-state index contributed by atoms with van der Waals surface area (Å²) in [7, 11) is -9.08. The molecule has 0 atom stereocenters. The molecule has 0 fully saturated rings. The van der Waals surface area contributed by atoms with Gasteiger partial charge in [0.15, 0.2) is 0 Å². The summed E-state index contributed by atoms with van der Waals surface area (Å²) in [5.74, 6) is 0. The van der Waals surface area contributed by atoms with Crippen LogP contribution < -0.4 is 0 Å². The van der Waals surface area contributed by atoms with Gasteiger partial charge in [-0.05, 0) is 0 Å². The Hall–Kier alpha value is -0.720. The molecule has 0 radical (unpaired) electrons. The van der Waals surface area contributed by atoms with Crippen molar-refractivity contribution in [3.8, 4) is 0 Å². The second-order valence-electron chi connectivity index (χ2n) is 1.91. The first-order valence-electron chi connectivity index (χ1n) is 2.59. The van der Waals surface area contributed by atoms with Crippen LogP contribution in [0.5, 0.6) is 0 Å². The summed E-state index contributed by atoms with van der Waals surface area (Å²) in [5, 5.41) is 0. The van der Waals surface area contributed by atoms with Crippen LogP contribution in [-0.4, -0.2) is 0 Å². The molecule has 14 heavy (non-hydrogen) atoms. The van der Waals surface area contributed by atoms with Crippen molar-refractivity contribution in [3.63, 3.8) is 0 Å². The topological polar surface area (TPSA) is 0 Å².